The maximum absolute atomic E-state index is 12.8. The Morgan fingerprint density at radius 2 is 1.17 bits per heavy atom. The van der Waals surface area contributed by atoms with Crippen molar-refractivity contribution in [2.45, 2.75) is 0 Å². The first-order chi connectivity index (χ1) is 8.83. The summed E-state index contributed by atoms with van der Waals surface area (Å²) in [5.74, 6) is 1.32. The molecule has 0 saturated carbocycles. The van der Waals surface area contributed by atoms with Gasteiger partial charge >= 0.3 is 0 Å². The van der Waals surface area contributed by atoms with Gasteiger partial charge in [0.1, 0.15) is 17.3 Å². The monoisotopic (exact) mass is 238 g/mol. The van der Waals surface area contributed by atoms with Crippen molar-refractivity contribution in [3.8, 4) is 22.6 Å². The summed E-state index contributed by atoms with van der Waals surface area (Å²) in [5.41, 5.74) is 1.91. The SMILES string of the molecule is Fc1ccc(-c2ccc(-c3ccccc3)o2)cc1. The minimum atomic E-state index is -0.242. The molecule has 18 heavy (non-hydrogen) atoms. The van der Waals surface area contributed by atoms with Crippen LogP contribution in [0.25, 0.3) is 22.6 Å². The zero-order chi connectivity index (χ0) is 12.4. The van der Waals surface area contributed by atoms with Crippen LogP contribution >= 0.6 is 0 Å². The Balaban J connectivity index is 1.97. The molecule has 3 rings (SSSR count). The molecule has 0 aliphatic rings. The van der Waals surface area contributed by atoms with Crippen molar-refractivity contribution in [1.29, 1.82) is 0 Å². The molecule has 0 fully saturated rings. The summed E-state index contributed by atoms with van der Waals surface area (Å²) >= 11 is 0. The van der Waals surface area contributed by atoms with E-state index in [0.717, 1.165) is 22.6 Å². The predicted octanol–water partition coefficient (Wildman–Crippen LogP) is 4.75. The molecule has 0 aliphatic heterocycles. The summed E-state index contributed by atoms with van der Waals surface area (Å²) in [5, 5.41) is 0. The topological polar surface area (TPSA) is 13.1 Å². The fourth-order valence-corrected chi connectivity index (χ4v) is 1.86. The van der Waals surface area contributed by atoms with Crippen LogP contribution in [0.4, 0.5) is 4.39 Å². The van der Waals surface area contributed by atoms with Crippen molar-refractivity contribution in [2.75, 3.05) is 0 Å². The van der Waals surface area contributed by atoms with E-state index in [0.29, 0.717) is 0 Å². The average molecular weight is 238 g/mol. The van der Waals surface area contributed by atoms with Gasteiger partial charge in [-0.3, -0.25) is 0 Å². The molecule has 0 bridgehead atoms. The Labute approximate surface area is 105 Å². The van der Waals surface area contributed by atoms with Crippen molar-refractivity contribution in [3.05, 3.63) is 72.5 Å². The molecule has 0 atom stereocenters. The Bertz CT molecular complexity index is 638. The van der Waals surface area contributed by atoms with Gasteiger partial charge in [0.2, 0.25) is 0 Å². The first-order valence-electron chi connectivity index (χ1n) is 5.74. The Morgan fingerprint density at radius 1 is 0.611 bits per heavy atom. The largest absolute Gasteiger partial charge is 0.456 e. The normalized spacial score (nSPS) is 10.5. The smallest absolute Gasteiger partial charge is 0.134 e. The van der Waals surface area contributed by atoms with E-state index in [1.807, 2.05) is 42.5 Å². The Morgan fingerprint density at radius 3 is 1.78 bits per heavy atom. The molecule has 88 valence electrons. The standard InChI is InChI=1S/C16H11FO/c17-14-8-6-13(7-9-14)16-11-10-15(18-16)12-4-2-1-3-5-12/h1-11H. The van der Waals surface area contributed by atoms with Crippen molar-refractivity contribution in [1.82, 2.24) is 0 Å². The molecule has 3 aromatic rings. The number of hydrogen-bond acceptors (Lipinski definition) is 1. The minimum absolute atomic E-state index is 0.242. The maximum Gasteiger partial charge on any atom is 0.134 e. The summed E-state index contributed by atoms with van der Waals surface area (Å²) in [6.07, 6.45) is 0. The molecule has 0 amide bonds. The third-order valence-electron chi connectivity index (χ3n) is 2.79. The van der Waals surface area contributed by atoms with Gasteiger partial charge < -0.3 is 4.42 Å². The second-order valence-electron chi connectivity index (χ2n) is 4.04. The van der Waals surface area contributed by atoms with Crippen LogP contribution in [-0.2, 0) is 0 Å². The van der Waals surface area contributed by atoms with Crippen LogP contribution in [0, 0.1) is 5.82 Å². The molecule has 1 aromatic heterocycles. The first-order valence-corrected chi connectivity index (χ1v) is 5.74. The summed E-state index contributed by atoms with van der Waals surface area (Å²) in [6.45, 7) is 0. The lowest BCUT2D eigenvalue weighted by Crippen LogP contribution is -1.75. The van der Waals surface area contributed by atoms with Crippen LogP contribution in [0.15, 0.2) is 71.1 Å². The van der Waals surface area contributed by atoms with Crippen LogP contribution in [0.2, 0.25) is 0 Å². The third kappa shape index (κ3) is 2.05. The maximum atomic E-state index is 12.8. The van der Waals surface area contributed by atoms with Gasteiger partial charge in [0.05, 0.1) is 0 Å². The Kier molecular flexibility index (Phi) is 2.69. The van der Waals surface area contributed by atoms with E-state index < -0.39 is 0 Å². The quantitative estimate of drug-likeness (QED) is 0.627. The first kappa shape index (κ1) is 10.8. The zero-order valence-corrected chi connectivity index (χ0v) is 9.64. The summed E-state index contributed by atoms with van der Waals surface area (Å²) in [7, 11) is 0. The third-order valence-corrected chi connectivity index (χ3v) is 2.79. The second kappa shape index (κ2) is 4.49. The second-order valence-corrected chi connectivity index (χ2v) is 4.04. The van der Waals surface area contributed by atoms with Crippen LogP contribution in [-0.4, -0.2) is 0 Å². The van der Waals surface area contributed by atoms with Gasteiger partial charge in [-0.2, -0.15) is 0 Å². The van der Waals surface area contributed by atoms with E-state index in [4.69, 9.17) is 4.42 Å². The van der Waals surface area contributed by atoms with Gasteiger partial charge in [-0.1, -0.05) is 30.3 Å². The van der Waals surface area contributed by atoms with Gasteiger partial charge in [0, 0.05) is 11.1 Å². The van der Waals surface area contributed by atoms with Gasteiger partial charge in [-0.15, -0.1) is 0 Å². The highest BCUT2D eigenvalue weighted by molar-refractivity contribution is 5.64. The van der Waals surface area contributed by atoms with Gasteiger partial charge in [-0.05, 0) is 36.4 Å². The molecule has 0 N–H and O–H groups in total. The average Bonchev–Trinajstić information content (AvgIpc) is 2.90. The minimum Gasteiger partial charge on any atom is -0.456 e. The highest BCUT2D eigenvalue weighted by Gasteiger charge is 2.06. The highest BCUT2D eigenvalue weighted by atomic mass is 19.1. The lowest BCUT2D eigenvalue weighted by atomic mass is 10.1. The van der Waals surface area contributed by atoms with Crippen LogP contribution in [0.5, 0.6) is 0 Å². The molecular formula is C16H11FO. The molecule has 2 heteroatoms. The number of rotatable bonds is 2. The van der Waals surface area contributed by atoms with Crippen LogP contribution < -0.4 is 0 Å². The highest BCUT2D eigenvalue weighted by Crippen LogP contribution is 2.28. The van der Waals surface area contributed by atoms with E-state index in [1.54, 1.807) is 12.1 Å². The lowest BCUT2D eigenvalue weighted by molar-refractivity contribution is 0.596. The van der Waals surface area contributed by atoms with Gasteiger partial charge in [0.15, 0.2) is 0 Å². The number of benzene rings is 2. The van der Waals surface area contributed by atoms with Crippen LogP contribution in [0.3, 0.4) is 0 Å². The van der Waals surface area contributed by atoms with Crippen molar-refractivity contribution >= 4 is 0 Å². The fourth-order valence-electron chi connectivity index (χ4n) is 1.86. The molecule has 0 spiro atoms. The summed E-state index contributed by atoms with van der Waals surface area (Å²) in [4.78, 5) is 0. The molecule has 0 saturated heterocycles. The van der Waals surface area contributed by atoms with E-state index in [-0.39, 0.29) is 5.82 Å². The lowest BCUT2D eigenvalue weighted by Gasteiger charge is -1.98. The Hall–Kier alpha value is -2.35. The molecule has 1 nitrogen and oxygen atoms in total. The molecule has 1 heterocycles. The summed E-state index contributed by atoms with van der Waals surface area (Å²) < 4.78 is 18.6. The van der Waals surface area contributed by atoms with Crippen molar-refractivity contribution in [3.63, 3.8) is 0 Å². The number of hydrogen-bond donors (Lipinski definition) is 0. The van der Waals surface area contributed by atoms with Gasteiger partial charge in [-0.25, -0.2) is 4.39 Å². The molecule has 2 aromatic carbocycles. The number of halogens is 1. The fraction of sp³-hybridized carbons (Fsp3) is 0. The zero-order valence-electron chi connectivity index (χ0n) is 9.64. The summed E-state index contributed by atoms with van der Waals surface area (Å²) in [6, 6.07) is 20.0. The van der Waals surface area contributed by atoms with Crippen molar-refractivity contribution < 1.29 is 8.81 Å². The van der Waals surface area contributed by atoms with Crippen molar-refractivity contribution in [2.24, 2.45) is 0 Å². The molecule has 0 radical (unpaired) electrons. The molecular weight excluding hydrogens is 227 g/mol. The van der Waals surface area contributed by atoms with E-state index in [9.17, 15) is 4.39 Å². The molecule has 0 aliphatic carbocycles. The van der Waals surface area contributed by atoms with E-state index >= 15 is 0 Å². The van der Waals surface area contributed by atoms with Crippen LogP contribution in [0.1, 0.15) is 0 Å². The number of furan rings is 1. The van der Waals surface area contributed by atoms with E-state index in [1.165, 1.54) is 12.1 Å². The predicted molar refractivity (Wildman–Crippen MR) is 69.5 cm³/mol. The van der Waals surface area contributed by atoms with E-state index in [2.05, 4.69) is 0 Å². The molecule has 0 unspecified atom stereocenters. The van der Waals surface area contributed by atoms with Gasteiger partial charge in [0.25, 0.3) is 0 Å².